The summed E-state index contributed by atoms with van der Waals surface area (Å²) in [7, 11) is 0. The van der Waals surface area contributed by atoms with Crippen LogP contribution in [0.25, 0.3) is 11.5 Å². The van der Waals surface area contributed by atoms with Gasteiger partial charge in [-0.1, -0.05) is 6.07 Å². The van der Waals surface area contributed by atoms with E-state index in [-0.39, 0.29) is 12.3 Å². The van der Waals surface area contributed by atoms with Gasteiger partial charge >= 0.3 is 0 Å². The molecule has 4 heterocycles. The lowest BCUT2D eigenvalue weighted by Crippen LogP contribution is -2.39. The minimum absolute atomic E-state index is 0.222. The summed E-state index contributed by atoms with van der Waals surface area (Å²) in [5.41, 5.74) is 7.40. The Bertz CT molecular complexity index is 1270. The largest absolute Gasteiger partial charge is 0.454 e. The molecule has 0 fully saturated rings. The number of aromatic nitrogens is 5. The molecule has 0 saturated carbocycles. The third-order valence-electron chi connectivity index (χ3n) is 5.32. The minimum Gasteiger partial charge on any atom is -0.454 e. The van der Waals surface area contributed by atoms with E-state index in [1.165, 1.54) is 11.8 Å². The van der Waals surface area contributed by atoms with Gasteiger partial charge < -0.3 is 25.1 Å². The molecule has 0 aliphatic carbocycles. The number of ether oxygens (including phenoxy) is 2. The van der Waals surface area contributed by atoms with Gasteiger partial charge in [0.2, 0.25) is 6.79 Å². The topological polar surface area (TPSA) is 113 Å². The third-order valence-corrected chi connectivity index (χ3v) is 7.17. The first-order valence-electron chi connectivity index (χ1n) is 10.3. The van der Waals surface area contributed by atoms with Gasteiger partial charge in [-0.15, -0.1) is 0 Å². The van der Waals surface area contributed by atoms with Crippen LogP contribution in [-0.2, 0) is 12.1 Å². The van der Waals surface area contributed by atoms with E-state index in [9.17, 15) is 0 Å². The fourth-order valence-corrected chi connectivity index (χ4v) is 4.88. The summed E-state index contributed by atoms with van der Waals surface area (Å²) in [6.45, 7) is 5.78. The molecule has 3 aliphatic rings. The summed E-state index contributed by atoms with van der Waals surface area (Å²) >= 11 is 5.01. The normalized spacial score (nSPS) is 13.1. The van der Waals surface area contributed by atoms with Gasteiger partial charge in [0.1, 0.15) is 0 Å². The van der Waals surface area contributed by atoms with E-state index in [0.717, 1.165) is 15.1 Å². The summed E-state index contributed by atoms with van der Waals surface area (Å²) in [5.74, 6) is 2.47. The van der Waals surface area contributed by atoms with Crippen LogP contribution in [0.1, 0.15) is 19.5 Å². The van der Waals surface area contributed by atoms with Crippen LogP contribution < -0.4 is 20.5 Å². The zero-order valence-corrected chi connectivity index (χ0v) is 20.5. The molecule has 0 bridgehead atoms. The summed E-state index contributed by atoms with van der Waals surface area (Å²) in [6, 6.07) is 9.72. The molecule has 170 valence electrons. The van der Waals surface area contributed by atoms with Gasteiger partial charge in [0.25, 0.3) is 0 Å². The first-order chi connectivity index (χ1) is 15.9. The highest BCUT2D eigenvalue weighted by molar-refractivity contribution is 9.10. The first-order valence-corrected chi connectivity index (χ1v) is 11.9. The van der Waals surface area contributed by atoms with Gasteiger partial charge in [-0.3, -0.25) is 4.98 Å². The molecule has 5 rings (SSSR count). The number of nitrogens with one attached hydrogen (secondary N) is 1. The summed E-state index contributed by atoms with van der Waals surface area (Å²) in [4.78, 5) is 19.1. The number of hydrogen-bond donors (Lipinski definition) is 2. The smallest absolute Gasteiger partial charge is 0.231 e. The Balaban J connectivity index is 1.34. The SMILES string of the molecule is CC(C)(NCCn1cnc(N)c2nc(Sc3cc4c(cc3Br)OCO4)nc1-2)c1ccccn1. The van der Waals surface area contributed by atoms with Crippen LogP contribution in [0.4, 0.5) is 5.82 Å². The first kappa shape index (κ1) is 21.9. The van der Waals surface area contributed by atoms with Crippen molar-refractivity contribution in [3.63, 3.8) is 0 Å². The molecule has 3 N–H and O–H groups in total. The average Bonchev–Trinajstić information content (AvgIpc) is 3.43. The van der Waals surface area contributed by atoms with E-state index in [1.807, 2.05) is 34.9 Å². The molecule has 1 aromatic carbocycles. The number of nitrogen functional groups attached to an aromatic ring is 1. The monoisotopic (exact) mass is 527 g/mol. The molecular weight excluding hydrogens is 506 g/mol. The standard InChI is InChI=1S/C22H22BrN7O2S/c1-22(2,17-5-3-4-6-25-17)27-7-8-30-11-26-19(24)18-20(30)29-21(28-18)33-16-10-15-14(9-13(16)23)31-12-32-15/h3-6,9-11,27H,7-8,12,24H2,1-2H3. The average molecular weight is 528 g/mol. The van der Waals surface area contributed by atoms with Crippen LogP contribution in [0.15, 0.2) is 57.4 Å². The molecule has 1 aromatic heterocycles. The summed E-state index contributed by atoms with van der Waals surface area (Å²) in [6.07, 6.45) is 3.50. The van der Waals surface area contributed by atoms with Crippen molar-refractivity contribution in [1.29, 1.82) is 0 Å². The van der Waals surface area contributed by atoms with Crippen molar-refractivity contribution in [1.82, 2.24) is 29.8 Å². The number of nitrogens with two attached hydrogens (primary N) is 1. The molecule has 0 radical (unpaired) electrons. The van der Waals surface area contributed by atoms with Crippen LogP contribution in [0.5, 0.6) is 11.5 Å². The maximum absolute atomic E-state index is 6.10. The Labute approximate surface area is 203 Å². The molecule has 11 heteroatoms. The second kappa shape index (κ2) is 8.81. The van der Waals surface area contributed by atoms with Gasteiger partial charge in [-0.25, -0.2) is 15.0 Å². The number of nitrogens with zero attached hydrogens (tertiary/aromatic N) is 5. The van der Waals surface area contributed by atoms with Gasteiger partial charge in [0.15, 0.2) is 34.0 Å². The van der Waals surface area contributed by atoms with Crippen LogP contribution in [-0.4, -0.2) is 37.8 Å². The Kier molecular flexibility index (Phi) is 5.85. The predicted octanol–water partition coefficient (Wildman–Crippen LogP) is 3.92. The molecule has 3 aliphatic heterocycles. The van der Waals surface area contributed by atoms with E-state index in [0.29, 0.717) is 47.1 Å². The zero-order valence-electron chi connectivity index (χ0n) is 18.1. The second-order valence-corrected chi connectivity index (χ2v) is 9.87. The van der Waals surface area contributed by atoms with Crippen molar-refractivity contribution in [3.05, 3.63) is 53.0 Å². The van der Waals surface area contributed by atoms with Crippen LogP contribution in [0.3, 0.4) is 0 Å². The number of rotatable bonds is 7. The Morgan fingerprint density at radius 2 is 2.00 bits per heavy atom. The molecule has 0 unspecified atom stereocenters. The molecule has 33 heavy (non-hydrogen) atoms. The zero-order chi connectivity index (χ0) is 23.0. The van der Waals surface area contributed by atoms with E-state index in [1.54, 1.807) is 12.5 Å². The van der Waals surface area contributed by atoms with Crippen molar-refractivity contribution in [2.24, 2.45) is 0 Å². The maximum atomic E-state index is 6.10. The Morgan fingerprint density at radius 1 is 1.18 bits per heavy atom. The van der Waals surface area contributed by atoms with Gasteiger partial charge in [0.05, 0.1) is 17.6 Å². The van der Waals surface area contributed by atoms with E-state index in [2.05, 4.69) is 50.0 Å². The molecule has 9 nitrogen and oxygen atoms in total. The quantitative estimate of drug-likeness (QED) is 0.369. The fraction of sp³-hybridized carbons (Fsp3) is 0.273. The molecule has 0 amide bonds. The van der Waals surface area contributed by atoms with Crippen molar-refractivity contribution >= 4 is 33.5 Å². The van der Waals surface area contributed by atoms with Gasteiger partial charge in [-0.05, 0) is 65.8 Å². The Hall–Kier alpha value is -2.89. The maximum Gasteiger partial charge on any atom is 0.231 e. The molecule has 2 aromatic rings. The Morgan fingerprint density at radius 3 is 2.79 bits per heavy atom. The van der Waals surface area contributed by atoms with Crippen LogP contribution in [0.2, 0.25) is 0 Å². The van der Waals surface area contributed by atoms with Crippen LogP contribution >= 0.6 is 27.7 Å². The third kappa shape index (κ3) is 4.48. The highest BCUT2D eigenvalue weighted by atomic mass is 79.9. The number of hydrogen-bond acceptors (Lipinski definition) is 9. The van der Waals surface area contributed by atoms with E-state index in [4.69, 9.17) is 20.2 Å². The van der Waals surface area contributed by atoms with Crippen molar-refractivity contribution in [2.45, 2.75) is 36.0 Å². The lowest BCUT2D eigenvalue weighted by Gasteiger charge is -2.26. The lowest BCUT2D eigenvalue weighted by molar-refractivity contribution is 0.174. The highest BCUT2D eigenvalue weighted by Gasteiger charge is 2.24. The number of fused-ring (bicyclic) bond motifs is 2. The number of halogens is 1. The summed E-state index contributed by atoms with van der Waals surface area (Å²) in [5, 5.41) is 4.14. The summed E-state index contributed by atoms with van der Waals surface area (Å²) < 4.78 is 13.8. The molecule has 0 saturated heterocycles. The fourth-order valence-electron chi connectivity index (χ4n) is 3.53. The van der Waals surface area contributed by atoms with E-state index < -0.39 is 0 Å². The number of imidazole rings is 1. The van der Waals surface area contributed by atoms with E-state index >= 15 is 0 Å². The van der Waals surface area contributed by atoms with Gasteiger partial charge in [0, 0.05) is 28.7 Å². The highest BCUT2D eigenvalue weighted by Crippen LogP contribution is 2.43. The predicted molar refractivity (Wildman–Crippen MR) is 129 cm³/mol. The minimum atomic E-state index is -0.271. The number of benzene rings is 1. The van der Waals surface area contributed by atoms with Crippen molar-refractivity contribution < 1.29 is 9.47 Å². The lowest BCUT2D eigenvalue weighted by atomic mass is 10.00. The van der Waals surface area contributed by atoms with Crippen molar-refractivity contribution in [2.75, 3.05) is 19.1 Å². The number of anilines is 1. The molecular formula is C22H22BrN7O2S. The molecule has 0 spiro atoms. The van der Waals surface area contributed by atoms with Crippen molar-refractivity contribution in [3.8, 4) is 23.0 Å². The van der Waals surface area contributed by atoms with Crippen LogP contribution in [0, 0.1) is 0 Å². The number of pyridine rings is 1. The molecule has 0 atom stereocenters. The van der Waals surface area contributed by atoms with Gasteiger partial charge in [-0.2, -0.15) is 0 Å². The second-order valence-electron chi connectivity index (χ2n) is 8.01.